The van der Waals surface area contributed by atoms with Crippen molar-refractivity contribution in [1.82, 2.24) is 0 Å². The Morgan fingerprint density at radius 3 is 1.90 bits per heavy atom. The second-order valence-corrected chi connectivity index (χ2v) is 3.58. The van der Waals surface area contributed by atoms with Crippen LogP contribution in [-0.2, 0) is 6.42 Å². The number of hydrogen-bond acceptors (Lipinski definition) is 2. The van der Waals surface area contributed by atoms with Gasteiger partial charge in [-0.2, -0.15) is 0 Å². The lowest BCUT2D eigenvalue weighted by atomic mass is 10.0. The molecule has 0 aliphatic carbocycles. The molecule has 1 aromatic rings. The summed E-state index contributed by atoms with van der Waals surface area (Å²) in [7, 11) is 0. The van der Waals surface area contributed by atoms with Gasteiger partial charge in [-0.3, -0.25) is 0 Å². The number of phenolic OH excluding ortho intramolecular Hbond substituents is 1. The summed E-state index contributed by atoms with van der Waals surface area (Å²) < 4.78 is 0. The van der Waals surface area contributed by atoms with E-state index in [0.29, 0.717) is 6.42 Å². The van der Waals surface area contributed by atoms with Crippen molar-refractivity contribution in [3.8, 4) is 5.75 Å². The lowest BCUT2D eigenvalue weighted by Crippen LogP contribution is -1.87. The van der Waals surface area contributed by atoms with Crippen LogP contribution in [0.2, 0.25) is 0 Å². The van der Waals surface area contributed by atoms with Gasteiger partial charge in [-0.05, 0) is 41.8 Å². The van der Waals surface area contributed by atoms with Gasteiger partial charge in [0, 0.05) is 0 Å². The van der Waals surface area contributed by atoms with E-state index in [9.17, 15) is 5.11 Å². The molecule has 2 N–H and O–H groups in total. The lowest BCUT2D eigenvalue weighted by molar-refractivity contribution is 0.433. The molecule has 0 spiro atoms. The minimum absolute atomic E-state index is 0.120. The molecule has 0 saturated carbocycles. The van der Waals surface area contributed by atoms with Gasteiger partial charge in [0.1, 0.15) is 11.5 Å². The van der Waals surface area contributed by atoms with Crippen LogP contribution in [-0.4, -0.2) is 10.2 Å². The zero-order chi connectivity index (χ0) is 16.7. The lowest BCUT2D eigenvalue weighted by Gasteiger charge is -2.02. The van der Waals surface area contributed by atoms with Gasteiger partial charge >= 0.3 is 0 Å². The first-order chi connectivity index (χ1) is 10.2. The highest BCUT2D eigenvalue weighted by Gasteiger charge is 1.96. The number of hydrogen-bond donors (Lipinski definition) is 2. The molecule has 0 bridgehead atoms. The van der Waals surface area contributed by atoms with Crippen molar-refractivity contribution in [2.45, 2.75) is 34.1 Å². The maximum atomic E-state index is 9.24. The molecule has 0 aromatic heterocycles. The fourth-order valence-electron chi connectivity index (χ4n) is 1.31. The Labute approximate surface area is 129 Å². The number of rotatable bonds is 5. The highest BCUT2D eigenvalue weighted by atomic mass is 16.3. The van der Waals surface area contributed by atoms with E-state index in [2.05, 4.69) is 13.2 Å². The Balaban J connectivity index is 0. The molecule has 0 amide bonds. The van der Waals surface area contributed by atoms with Gasteiger partial charge in [-0.25, -0.2) is 0 Å². The van der Waals surface area contributed by atoms with Gasteiger partial charge in [-0.15, -0.1) is 0 Å². The minimum Gasteiger partial charge on any atom is -0.508 e. The topological polar surface area (TPSA) is 40.5 Å². The van der Waals surface area contributed by atoms with E-state index in [0.717, 1.165) is 11.1 Å². The van der Waals surface area contributed by atoms with E-state index in [1.807, 2.05) is 39.8 Å². The van der Waals surface area contributed by atoms with Crippen LogP contribution in [0.25, 0.3) is 0 Å². The maximum absolute atomic E-state index is 9.24. The normalized spacial score (nSPS) is 10.5. The van der Waals surface area contributed by atoms with Gasteiger partial charge in [0.15, 0.2) is 0 Å². The van der Waals surface area contributed by atoms with Crippen molar-refractivity contribution in [2.24, 2.45) is 0 Å². The molecule has 0 aliphatic heterocycles. The van der Waals surface area contributed by atoms with Crippen LogP contribution in [0.4, 0.5) is 0 Å². The van der Waals surface area contributed by atoms with Crippen LogP contribution < -0.4 is 0 Å². The van der Waals surface area contributed by atoms with E-state index < -0.39 is 0 Å². The summed E-state index contributed by atoms with van der Waals surface area (Å²) in [5, 5.41) is 18.4. The molecule has 0 unspecified atom stereocenters. The van der Waals surface area contributed by atoms with Crippen LogP contribution in [0.1, 0.15) is 33.3 Å². The SMILES string of the molecule is C=C/C(=C\C=C(\O)C=C)Cc1ccc(O)cc1.CC.CC. The van der Waals surface area contributed by atoms with Crippen molar-refractivity contribution in [3.63, 3.8) is 0 Å². The second kappa shape index (κ2) is 14.2. The number of allylic oxidation sites excluding steroid dienone is 5. The molecule has 1 rings (SSSR count). The number of aromatic hydroxyl groups is 1. The smallest absolute Gasteiger partial charge is 0.115 e. The first kappa shape index (κ1) is 21.1. The van der Waals surface area contributed by atoms with Gasteiger partial charge in [0.25, 0.3) is 0 Å². The summed E-state index contributed by atoms with van der Waals surface area (Å²) in [5.41, 5.74) is 2.05. The Hall–Kier alpha value is -2.22. The number of aliphatic hydroxyl groups is 1. The Bertz CT molecular complexity index is 451. The first-order valence-corrected chi connectivity index (χ1v) is 7.28. The summed E-state index contributed by atoms with van der Waals surface area (Å²) in [6.07, 6.45) is 7.17. The third-order valence-corrected chi connectivity index (χ3v) is 2.28. The molecule has 1 aromatic carbocycles. The van der Waals surface area contributed by atoms with E-state index >= 15 is 0 Å². The number of benzene rings is 1. The van der Waals surface area contributed by atoms with E-state index in [4.69, 9.17) is 5.11 Å². The van der Waals surface area contributed by atoms with Gasteiger partial charge in [-0.1, -0.05) is 65.1 Å². The van der Waals surface area contributed by atoms with E-state index in [1.54, 1.807) is 30.4 Å². The molecule has 0 atom stereocenters. The van der Waals surface area contributed by atoms with Crippen molar-refractivity contribution < 1.29 is 10.2 Å². The summed E-state index contributed by atoms with van der Waals surface area (Å²) in [5.74, 6) is 0.372. The quantitative estimate of drug-likeness (QED) is 0.536. The Morgan fingerprint density at radius 2 is 1.48 bits per heavy atom. The molecule has 2 nitrogen and oxygen atoms in total. The van der Waals surface area contributed by atoms with Crippen LogP contribution in [0, 0.1) is 0 Å². The third kappa shape index (κ3) is 10.3. The Morgan fingerprint density at radius 1 is 0.952 bits per heavy atom. The maximum Gasteiger partial charge on any atom is 0.115 e. The van der Waals surface area contributed by atoms with Crippen molar-refractivity contribution in [2.75, 3.05) is 0 Å². The highest BCUT2D eigenvalue weighted by molar-refractivity contribution is 5.33. The average Bonchev–Trinajstić information content (AvgIpc) is 2.56. The van der Waals surface area contributed by atoms with E-state index in [-0.39, 0.29) is 11.5 Å². The molecule has 0 heterocycles. The summed E-state index contributed by atoms with van der Waals surface area (Å²) in [6.45, 7) is 15.2. The highest BCUT2D eigenvalue weighted by Crippen LogP contribution is 2.14. The second-order valence-electron chi connectivity index (χ2n) is 3.58. The summed E-state index contributed by atoms with van der Waals surface area (Å²) in [6, 6.07) is 6.99. The molecular formula is C19H28O2. The van der Waals surface area contributed by atoms with Gasteiger partial charge in [0.05, 0.1) is 0 Å². The van der Waals surface area contributed by atoms with Crippen LogP contribution in [0.15, 0.2) is 73.1 Å². The molecule has 2 heteroatoms. The molecule has 0 saturated heterocycles. The molecule has 0 aliphatic rings. The minimum atomic E-state index is 0.120. The van der Waals surface area contributed by atoms with E-state index in [1.165, 1.54) is 6.08 Å². The standard InChI is InChI=1S/C15H16O2.2C2H6/c1-3-12(5-8-14(16)4-2)11-13-6-9-15(17)10-7-13;2*1-2/h3-10,16-17H,1-2,11H2;2*1-2H3/b12-5+,14-8+;;. The molecule has 0 fully saturated rings. The van der Waals surface area contributed by atoms with Crippen LogP contribution >= 0.6 is 0 Å². The monoisotopic (exact) mass is 288 g/mol. The average molecular weight is 288 g/mol. The van der Waals surface area contributed by atoms with Crippen LogP contribution in [0.5, 0.6) is 5.75 Å². The molecule has 0 radical (unpaired) electrons. The van der Waals surface area contributed by atoms with Crippen molar-refractivity contribution in [3.05, 3.63) is 78.6 Å². The fraction of sp³-hybridized carbons (Fsp3) is 0.263. The van der Waals surface area contributed by atoms with Crippen LogP contribution in [0.3, 0.4) is 0 Å². The van der Waals surface area contributed by atoms with Crippen molar-refractivity contribution >= 4 is 0 Å². The third-order valence-electron chi connectivity index (χ3n) is 2.28. The van der Waals surface area contributed by atoms with Gasteiger partial charge in [0.2, 0.25) is 0 Å². The summed E-state index contributed by atoms with van der Waals surface area (Å²) in [4.78, 5) is 0. The molecule has 21 heavy (non-hydrogen) atoms. The zero-order valence-electron chi connectivity index (χ0n) is 13.6. The number of aliphatic hydroxyl groups excluding tert-OH is 1. The summed E-state index contributed by atoms with van der Waals surface area (Å²) >= 11 is 0. The van der Waals surface area contributed by atoms with Crippen molar-refractivity contribution in [1.29, 1.82) is 0 Å². The fourth-order valence-corrected chi connectivity index (χ4v) is 1.31. The molecule has 116 valence electrons. The Kier molecular flexibility index (Phi) is 14.3. The zero-order valence-corrected chi connectivity index (χ0v) is 13.6. The number of phenols is 1. The van der Waals surface area contributed by atoms with Gasteiger partial charge < -0.3 is 10.2 Å². The predicted molar refractivity (Wildman–Crippen MR) is 93.7 cm³/mol. The first-order valence-electron chi connectivity index (χ1n) is 7.28. The molecular weight excluding hydrogens is 260 g/mol. The predicted octanol–water partition coefficient (Wildman–Crippen LogP) is 5.73. The largest absolute Gasteiger partial charge is 0.508 e.